The number of aliphatic carboxylic acids is 2. The topological polar surface area (TPSA) is 208 Å². The molecular formula is C20H28N4O8S. The number of aliphatic hydroxyl groups excluding tert-OH is 1. The fourth-order valence-electron chi connectivity index (χ4n) is 2.73. The second kappa shape index (κ2) is 13.4. The molecule has 0 saturated carbocycles. The molecule has 5 unspecified atom stereocenters. The smallest absolute Gasteiger partial charge is 0.328 e. The van der Waals surface area contributed by atoms with Gasteiger partial charge in [0, 0.05) is 5.75 Å². The highest BCUT2D eigenvalue weighted by atomic mass is 32.1. The van der Waals surface area contributed by atoms with Gasteiger partial charge in [0.1, 0.15) is 12.1 Å². The Morgan fingerprint density at radius 1 is 0.939 bits per heavy atom. The zero-order valence-electron chi connectivity index (χ0n) is 17.8. The van der Waals surface area contributed by atoms with Crippen molar-refractivity contribution in [2.45, 2.75) is 50.0 Å². The largest absolute Gasteiger partial charge is 0.481 e. The molecule has 0 aliphatic rings. The Hall–Kier alpha value is -3.16. The van der Waals surface area contributed by atoms with Gasteiger partial charge in [-0.3, -0.25) is 19.2 Å². The van der Waals surface area contributed by atoms with E-state index in [1.807, 2.05) is 0 Å². The van der Waals surface area contributed by atoms with Crippen molar-refractivity contribution in [3.05, 3.63) is 35.9 Å². The molecule has 0 aliphatic heterocycles. The van der Waals surface area contributed by atoms with Crippen LogP contribution in [0.4, 0.5) is 0 Å². The molecule has 0 heterocycles. The normalized spacial score (nSPS) is 15.3. The van der Waals surface area contributed by atoms with Gasteiger partial charge < -0.3 is 37.0 Å². The fourth-order valence-corrected chi connectivity index (χ4v) is 2.99. The third-order valence-electron chi connectivity index (χ3n) is 4.51. The van der Waals surface area contributed by atoms with Gasteiger partial charge >= 0.3 is 11.9 Å². The van der Waals surface area contributed by atoms with E-state index in [1.54, 1.807) is 30.3 Å². The zero-order valence-corrected chi connectivity index (χ0v) is 18.7. The summed E-state index contributed by atoms with van der Waals surface area (Å²) in [6.45, 7) is 1.16. The standard InChI is InChI=1S/C20H28N4O8S/c1-10(25)16(20(31)32)24-19(30)14(9-33)23-18(29)13(8-15(26)27)22-17(28)12(21)7-11-5-3-2-4-6-11/h2-6,10,12-14,16,25,33H,7-9,21H2,1H3,(H,22,28)(H,23,29)(H,24,30)(H,26,27)(H,31,32). The third-order valence-corrected chi connectivity index (χ3v) is 4.87. The maximum absolute atomic E-state index is 12.6. The van der Waals surface area contributed by atoms with Crippen LogP contribution in [0.2, 0.25) is 0 Å². The molecule has 182 valence electrons. The van der Waals surface area contributed by atoms with Crippen LogP contribution in [0.25, 0.3) is 0 Å². The number of benzene rings is 1. The highest BCUT2D eigenvalue weighted by Gasteiger charge is 2.32. The molecule has 0 aromatic heterocycles. The third kappa shape index (κ3) is 9.47. The monoisotopic (exact) mass is 484 g/mol. The molecule has 3 amide bonds. The summed E-state index contributed by atoms with van der Waals surface area (Å²) in [6, 6.07) is 3.18. The molecule has 0 aliphatic carbocycles. The molecule has 5 atom stereocenters. The maximum Gasteiger partial charge on any atom is 0.328 e. The van der Waals surface area contributed by atoms with Gasteiger partial charge in [0.25, 0.3) is 0 Å². The number of nitrogens with two attached hydrogens (primary N) is 1. The van der Waals surface area contributed by atoms with Crippen LogP contribution in [0.15, 0.2) is 30.3 Å². The van der Waals surface area contributed by atoms with Crippen molar-refractivity contribution in [2.75, 3.05) is 5.75 Å². The van der Waals surface area contributed by atoms with E-state index in [-0.39, 0.29) is 12.2 Å². The maximum atomic E-state index is 12.6. The van der Waals surface area contributed by atoms with Crippen molar-refractivity contribution in [1.29, 1.82) is 0 Å². The fraction of sp³-hybridized carbons (Fsp3) is 0.450. The number of hydrogen-bond donors (Lipinski definition) is 8. The Kier molecular flexibility index (Phi) is 11.3. The van der Waals surface area contributed by atoms with Gasteiger partial charge in [-0.2, -0.15) is 12.6 Å². The summed E-state index contributed by atoms with van der Waals surface area (Å²) in [5, 5.41) is 34.2. The molecule has 13 heteroatoms. The summed E-state index contributed by atoms with van der Waals surface area (Å²) in [5.74, 6) is -5.90. The molecular weight excluding hydrogens is 456 g/mol. The second-order valence-electron chi connectivity index (χ2n) is 7.26. The van der Waals surface area contributed by atoms with Crippen LogP contribution in [0.1, 0.15) is 18.9 Å². The zero-order chi connectivity index (χ0) is 25.1. The van der Waals surface area contributed by atoms with Crippen LogP contribution in [-0.2, 0) is 30.4 Å². The van der Waals surface area contributed by atoms with Crippen LogP contribution in [-0.4, -0.2) is 81.0 Å². The number of nitrogens with one attached hydrogen (secondary N) is 3. The van der Waals surface area contributed by atoms with Crippen LogP contribution < -0.4 is 21.7 Å². The minimum absolute atomic E-state index is 0.145. The molecule has 33 heavy (non-hydrogen) atoms. The average molecular weight is 485 g/mol. The number of rotatable bonds is 13. The van der Waals surface area contributed by atoms with Crippen molar-refractivity contribution < 1.29 is 39.3 Å². The highest BCUT2D eigenvalue weighted by molar-refractivity contribution is 7.80. The summed E-state index contributed by atoms with van der Waals surface area (Å²) >= 11 is 3.94. The van der Waals surface area contributed by atoms with E-state index < -0.39 is 66.4 Å². The SMILES string of the molecule is CC(O)C(NC(=O)C(CS)NC(=O)C(CC(=O)O)NC(=O)C(N)Cc1ccccc1)C(=O)O. The second-order valence-corrected chi connectivity index (χ2v) is 7.63. The van der Waals surface area contributed by atoms with Crippen molar-refractivity contribution in [3.63, 3.8) is 0 Å². The molecule has 12 nitrogen and oxygen atoms in total. The minimum atomic E-state index is -1.64. The number of amides is 3. The summed E-state index contributed by atoms with van der Waals surface area (Å²) in [4.78, 5) is 59.7. The van der Waals surface area contributed by atoms with Crippen molar-refractivity contribution in [2.24, 2.45) is 5.73 Å². The Morgan fingerprint density at radius 3 is 1.97 bits per heavy atom. The number of carboxylic acid groups (broad SMARTS) is 2. The minimum Gasteiger partial charge on any atom is -0.481 e. The van der Waals surface area contributed by atoms with Crippen LogP contribution >= 0.6 is 12.6 Å². The summed E-state index contributed by atoms with van der Waals surface area (Å²) in [5.41, 5.74) is 6.63. The van der Waals surface area contributed by atoms with Gasteiger partial charge in [-0.15, -0.1) is 0 Å². The molecule has 0 saturated heterocycles. The molecule has 0 spiro atoms. The van der Waals surface area contributed by atoms with Gasteiger partial charge in [-0.25, -0.2) is 4.79 Å². The van der Waals surface area contributed by atoms with E-state index >= 15 is 0 Å². The first-order valence-corrected chi connectivity index (χ1v) is 10.5. The number of carbonyl (C=O) groups is 5. The Morgan fingerprint density at radius 2 is 1.48 bits per heavy atom. The molecule has 1 aromatic carbocycles. The first-order chi connectivity index (χ1) is 15.5. The number of carbonyl (C=O) groups excluding carboxylic acids is 3. The quantitative estimate of drug-likeness (QED) is 0.144. The van der Waals surface area contributed by atoms with E-state index in [4.69, 9.17) is 15.9 Å². The lowest BCUT2D eigenvalue weighted by Gasteiger charge is -2.24. The van der Waals surface area contributed by atoms with Gasteiger partial charge in [-0.1, -0.05) is 30.3 Å². The van der Waals surface area contributed by atoms with Crippen molar-refractivity contribution >= 4 is 42.3 Å². The Balaban J connectivity index is 2.85. The lowest BCUT2D eigenvalue weighted by Crippen LogP contribution is -2.59. The number of thiol groups is 1. The van der Waals surface area contributed by atoms with Crippen LogP contribution in [0.5, 0.6) is 0 Å². The number of hydrogen-bond acceptors (Lipinski definition) is 8. The number of carboxylic acids is 2. The molecule has 1 aromatic rings. The predicted molar refractivity (Wildman–Crippen MR) is 119 cm³/mol. The summed E-state index contributed by atoms with van der Waals surface area (Å²) < 4.78 is 0. The highest BCUT2D eigenvalue weighted by Crippen LogP contribution is 2.04. The van der Waals surface area contributed by atoms with Crippen molar-refractivity contribution in [1.82, 2.24) is 16.0 Å². The summed E-state index contributed by atoms with van der Waals surface area (Å²) in [7, 11) is 0. The van der Waals surface area contributed by atoms with Gasteiger partial charge in [0.2, 0.25) is 17.7 Å². The molecule has 1 rings (SSSR count). The van der Waals surface area contributed by atoms with Crippen LogP contribution in [0, 0.1) is 0 Å². The van der Waals surface area contributed by atoms with E-state index in [1.165, 1.54) is 0 Å². The Bertz CT molecular complexity index is 852. The summed E-state index contributed by atoms with van der Waals surface area (Å²) in [6.07, 6.45) is -2.07. The first kappa shape index (κ1) is 27.9. The van der Waals surface area contributed by atoms with E-state index in [9.17, 15) is 29.1 Å². The van der Waals surface area contributed by atoms with E-state index in [0.717, 1.165) is 12.5 Å². The van der Waals surface area contributed by atoms with Crippen LogP contribution in [0.3, 0.4) is 0 Å². The Labute approximate surface area is 195 Å². The molecule has 0 bridgehead atoms. The lowest BCUT2D eigenvalue weighted by atomic mass is 10.1. The average Bonchev–Trinajstić information content (AvgIpc) is 2.74. The number of aliphatic hydroxyl groups is 1. The lowest BCUT2D eigenvalue weighted by molar-refractivity contribution is -0.145. The van der Waals surface area contributed by atoms with Gasteiger partial charge in [-0.05, 0) is 18.9 Å². The molecule has 0 radical (unpaired) electrons. The first-order valence-electron chi connectivity index (χ1n) is 9.90. The molecule has 8 N–H and O–H groups in total. The molecule has 0 fully saturated rings. The van der Waals surface area contributed by atoms with Crippen molar-refractivity contribution in [3.8, 4) is 0 Å². The van der Waals surface area contributed by atoms with E-state index in [2.05, 4.69) is 28.6 Å². The predicted octanol–water partition coefficient (Wildman–Crippen LogP) is -2.12. The van der Waals surface area contributed by atoms with E-state index in [0.29, 0.717) is 0 Å². The van der Waals surface area contributed by atoms with Gasteiger partial charge in [0.15, 0.2) is 6.04 Å². The van der Waals surface area contributed by atoms with Gasteiger partial charge in [0.05, 0.1) is 18.6 Å².